The lowest BCUT2D eigenvalue weighted by Crippen LogP contribution is -2.46. The second-order valence-corrected chi connectivity index (χ2v) is 10.9. The molecule has 30 heavy (non-hydrogen) atoms. The highest BCUT2D eigenvalue weighted by molar-refractivity contribution is 8.16. The number of likely N-dealkylation sites (tertiary alicyclic amines) is 1. The minimum atomic E-state index is -0.551. The van der Waals surface area contributed by atoms with Crippen LogP contribution in [0.1, 0.15) is 55.8 Å². The molecule has 2 aliphatic heterocycles. The molecule has 2 bridgehead atoms. The van der Waals surface area contributed by atoms with Gasteiger partial charge in [0.1, 0.15) is 10.6 Å². The van der Waals surface area contributed by atoms with Crippen molar-refractivity contribution in [3.05, 3.63) is 35.6 Å². The Morgan fingerprint density at radius 3 is 2.53 bits per heavy atom. The number of fused-ring (bicyclic) bond motifs is 2. The first-order chi connectivity index (χ1) is 14.4. The van der Waals surface area contributed by atoms with Gasteiger partial charge in [0.05, 0.1) is 0 Å². The largest absolute Gasteiger partial charge is 0.361 e. The fourth-order valence-corrected chi connectivity index (χ4v) is 7.05. The summed E-state index contributed by atoms with van der Waals surface area (Å²) in [6, 6.07) is 6.17. The molecule has 1 aromatic rings. The van der Waals surface area contributed by atoms with Crippen molar-refractivity contribution >= 4 is 28.7 Å². The zero-order chi connectivity index (χ0) is 20.9. The van der Waals surface area contributed by atoms with Crippen molar-refractivity contribution in [1.82, 2.24) is 10.2 Å². The van der Waals surface area contributed by atoms with E-state index >= 15 is 0 Å². The van der Waals surface area contributed by atoms with Crippen molar-refractivity contribution in [2.24, 2.45) is 22.7 Å². The summed E-state index contributed by atoms with van der Waals surface area (Å²) in [5.74, 6) is 1.33. The Morgan fingerprint density at radius 2 is 1.90 bits per heavy atom. The Kier molecular flexibility index (Phi) is 5.12. The number of amidine groups is 1. The molecule has 1 N–H and O–H groups in total. The number of aliphatic imine (C=N–C) groups is 1. The van der Waals surface area contributed by atoms with Crippen LogP contribution in [-0.2, 0) is 4.79 Å². The minimum absolute atomic E-state index is 0.0403. The zero-order valence-electron chi connectivity index (χ0n) is 17.3. The first kappa shape index (κ1) is 20.0. The lowest BCUT2D eigenvalue weighted by molar-refractivity contribution is -0.121. The Morgan fingerprint density at radius 1 is 1.17 bits per heavy atom. The van der Waals surface area contributed by atoms with Crippen LogP contribution in [0.25, 0.3) is 0 Å². The number of nitrogens with zero attached hydrogens (tertiary/aromatic N) is 2. The SMILES string of the molecule is CC1(C2CCN(C(=O)c3ccc(F)cc3)CC2)SC(N[C@H]2C[C@@H]3CCC2C3)=NC1=O. The van der Waals surface area contributed by atoms with Gasteiger partial charge in [-0.15, -0.1) is 0 Å². The highest BCUT2D eigenvalue weighted by Gasteiger charge is 2.49. The van der Waals surface area contributed by atoms with E-state index in [1.807, 2.05) is 11.8 Å². The van der Waals surface area contributed by atoms with Gasteiger partial charge in [0.25, 0.3) is 11.8 Å². The van der Waals surface area contributed by atoms with E-state index in [-0.39, 0.29) is 23.5 Å². The first-order valence-corrected chi connectivity index (χ1v) is 11.9. The molecule has 0 radical (unpaired) electrons. The molecule has 7 heteroatoms. The molecule has 4 atom stereocenters. The Hall–Kier alpha value is -1.89. The van der Waals surface area contributed by atoms with E-state index in [0.29, 0.717) is 24.7 Å². The fraction of sp³-hybridized carbons (Fsp3) is 0.609. The Balaban J connectivity index is 1.18. The quantitative estimate of drug-likeness (QED) is 0.793. The summed E-state index contributed by atoms with van der Waals surface area (Å²) in [7, 11) is 0. The molecule has 0 aromatic heterocycles. The predicted octanol–water partition coefficient (Wildman–Crippen LogP) is 3.84. The van der Waals surface area contributed by atoms with E-state index in [9.17, 15) is 14.0 Å². The van der Waals surface area contributed by atoms with Crippen LogP contribution in [0.5, 0.6) is 0 Å². The molecule has 3 fully saturated rings. The molecule has 1 aromatic carbocycles. The van der Waals surface area contributed by atoms with Gasteiger partial charge in [-0.2, -0.15) is 4.99 Å². The predicted molar refractivity (Wildman–Crippen MR) is 116 cm³/mol. The van der Waals surface area contributed by atoms with Gasteiger partial charge in [0.2, 0.25) is 0 Å². The maximum Gasteiger partial charge on any atom is 0.264 e. The van der Waals surface area contributed by atoms with Crippen LogP contribution in [0.4, 0.5) is 4.39 Å². The highest BCUT2D eigenvalue weighted by Crippen LogP contribution is 2.47. The number of carbonyl (C=O) groups excluding carboxylic acids is 2. The van der Waals surface area contributed by atoms with Crippen molar-refractivity contribution in [3.63, 3.8) is 0 Å². The molecule has 0 spiro atoms. The number of rotatable bonds is 3. The number of hydrogen-bond acceptors (Lipinski definition) is 4. The lowest BCUT2D eigenvalue weighted by Gasteiger charge is -2.38. The van der Waals surface area contributed by atoms with Gasteiger partial charge in [-0.05, 0) is 81.0 Å². The van der Waals surface area contributed by atoms with Crippen molar-refractivity contribution in [2.75, 3.05) is 13.1 Å². The number of thioether (sulfide) groups is 1. The third kappa shape index (κ3) is 3.55. The number of hydrogen-bond donors (Lipinski definition) is 1. The zero-order valence-corrected chi connectivity index (χ0v) is 18.1. The number of piperidine rings is 1. The molecular formula is C23H28FN3O2S. The molecule has 2 amide bonds. The number of carbonyl (C=O) groups is 2. The normalized spacial score (nSPS) is 33.8. The van der Waals surface area contributed by atoms with Gasteiger partial charge in [-0.1, -0.05) is 18.2 Å². The van der Waals surface area contributed by atoms with Gasteiger partial charge in [0, 0.05) is 24.7 Å². The molecule has 4 aliphatic rings. The number of benzene rings is 1. The molecule has 2 unspecified atom stereocenters. The van der Waals surface area contributed by atoms with Crippen LogP contribution in [0.3, 0.4) is 0 Å². The van der Waals surface area contributed by atoms with Crippen LogP contribution in [-0.4, -0.2) is 45.8 Å². The Labute approximate surface area is 180 Å². The lowest BCUT2D eigenvalue weighted by atomic mass is 9.84. The molecule has 2 aliphatic carbocycles. The van der Waals surface area contributed by atoms with E-state index in [4.69, 9.17) is 0 Å². The second kappa shape index (κ2) is 7.66. The average molecular weight is 430 g/mol. The summed E-state index contributed by atoms with van der Waals surface area (Å²) in [4.78, 5) is 31.7. The molecule has 2 heterocycles. The summed E-state index contributed by atoms with van der Waals surface area (Å²) in [5, 5.41) is 4.38. The smallest absolute Gasteiger partial charge is 0.264 e. The van der Waals surface area contributed by atoms with Gasteiger partial charge < -0.3 is 10.2 Å². The standard InChI is InChI=1S/C23H28FN3O2S/c1-23(21(29)26-22(30-23)25-19-13-14-2-3-16(19)12-14)17-8-10-27(11-9-17)20(28)15-4-6-18(24)7-5-15/h4-7,14,16-17,19H,2-3,8-13H2,1H3,(H,25,26,29)/t14-,16?,19+,23?/m1/s1. The monoisotopic (exact) mass is 429 g/mol. The maximum atomic E-state index is 13.1. The Bertz CT molecular complexity index is 881. The average Bonchev–Trinajstić information content (AvgIpc) is 3.44. The maximum absolute atomic E-state index is 13.1. The van der Waals surface area contributed by atoms with Crippen LogP contribution in [0.15, 0.2) is 29.3 Å². The topological polar surface area (TPSA) is 61.8 Å². The molecule has 160 valence electrons. The number of amides is 2. The summed E-state index contributed by atoms with van der Waals surface area (Å²) in [6.07, 6.45) is 6.74. The summed E-state index contributed by atoms with van der Waals surface area (Å²) in [5.41, 5.74) is 0.507. The van der Waals surface area contributed by atoms with E-state index in [1.54, 1.807) is 11.8 Å². The fourth-order valence-electron chi connectivity index (χ4n) is 5.78. The van der Waals surface area contributed by atoms with Gasteiger partial charge >= 0.3 is 0 Å². The molecule has 5 nitrogen and oxygen atoms in total. The number of halogens is 1. The second-order valence-electron chi connectivity index (χ2n) is 9.43. The molecule has 1 saturated heterocycles. The third-order valence-corrected chi connectivity index (χ3v) is 8.97. The van der Waals surface area contributed by atoms with Crippen molar-refractivity contribution < 1.29 is 14.0 Å². The van der Waals surface area contributed by atoms with Gasteiger partial charge in [0.15, 0.2) is 5.17 Å². The highest BCUT2D eigenvalue weighted by atomic mass is 32.2. The summed E-state index contributed by atoms with van der Waals surface area (Å²) in [6.45, 7) is 3.24. The number of nitrogens with one attached hydrogen (secondary N) is 1. The third-order valence-electron chi connectivity index (χ3n) is 7.64. The summed E-state index contributed by atoms with van der Waals surface area (Å²) >= 11 is 1.59. The molecule has 2 saturated carbocycles. The van der Waals surface area contributed by atoms with Crippen molar-refractivity contribution in [2.45, 2.75) is 56.2 Å². The van der Waals surface area contributed by atoms with Crippen LogP contribution in [0.2, 0.25) is 0 Å². The van der Waals surface area contributed by atoms with Gasteiger partial charge in [-0.3, -0.25) is 9.59 Å². The minimum Gasteiger partial charge on any atom is -0.361 e. The summed E-state index contributed by atoms with van der Waals surface area (Å²) < 4.78 is 12.6. The van der Waals surface area contributed by atoms with Crippen LogP contribution >= 0.6 is 11.8 Å². The first-order valence-electron chi connectivity index (χ1n) is 11.1. The molecular weight excluding hydrogens is 401 g/mol. The van der Waals surface area contributed by atoms with E-state index in [0.717, 1.165) is 29.8 Å². The molecule has 5 rings (SSSR count). The van der Waals surface area contributed by atoms with Crippen molar-refractivity contribution in [1.29, 1.82) is 0 Å². The van der Waals surface area contributed by atoms with Crippen molar-refractivity contribution in [3.8, 4) is 0 Å². The van der Waals surface area contributed by atoms with E-state index in [1.165, 1.54) is 49.9 Å². The van der Waals surface area contributed by atoms with Crippen LogP contribution < -0.4 is 5.32 Å². The van der Waals surface area contributed by atoms with Crippen LogP contribution in [0, 0.1) is 23.6 Å². The van der Waals surface area contributed by atoms with Gasteiger partial charge in [-0.25, -0.2) is 4.39 Å². The van der Waals surface area contributed by atoms with E-state index < -0.39 is 4.75 Å². The van der Waals surface area contributed by atoms with E-state index in [2.05, 4.69) is 10.3 Å².